The first-order valence-electron chi connectivity index (χ1n) is 10.3. The van der Waals surface area contributed by atoms with Gasteiger partial charge in [0.25, 0.3) is 0 Å². The number of aryl methyl sites for hydroxylation is 1. The second kappa shape index (κ2) is 8.37. The fourth-order valence-electron chi connectivity index (χ4n) is 3.65. The third-order valence-electron chi connectivity index (χ3n) is 5.28. The van der Waals surface area contributed by atoms with Crippen molar-refractivity contribution in [1.82, 2.24) is 19.9 Å². The minimum atomic E-state index is 0.535. The van der Waals surface area contributed by atoms with Crippen LogP contribution in [0.3, 0.4) is 0 Å². The average molecular weight is 407 g/mol. The van der Waals surface area contributed by atoms with Crippen molar-refractivity contribution >= 4 is 34.4 Å². The molecule has 30 heavy (non-hydrogen) atoms. The van der Waals surface area contributed by atoms with Crippen molar-refractivity contribution in [1.29, 1.82) is 0 Å². The normalized spacial score (nSPS) is 17.4. The van der Waals surface area contributed by atoms with Crippen molar-refractivity contribution in [2.24, 2.45) is 0 Å². The lowest BCUT2D eigenvalue weighted by atomic mass is 10.2. The zero-order valence-electron chi connectivity index (χ0n) is 17.0. The number of aromatic nitrogens is 4. The number of benzene rings is 1. The maximum absolute atomic E-state index is 5.48. The van der Waals surface area contributed by atoms with Crippen molar-refractivity contribution < 1.29 is 9.47 Å². The van der Waals surface area contributed by atoms with Gasteiger partial charge >= 0.3 is 0 Å². The van der Waals surface area contributed by atoms with Crippen LogP contribution >= 0.6 is 0 Å². The molecule has 5 rings (SSSR count). The van der Waals surface area contributed by atoms with Crippen molar-refractivity contribution in [3.63, 3.8) is 0 Å². The molecule has 3 aromatic rings. The smallest absolute Gasteiger partial charge is 0.233 e. The SMILES string of the molecule is Cc1ccc2cc(Nc3nc(N4CCOCC4)nc(N4CCOCC4)n3)ccc2n1. The standard InChI is InChI=1S/C21H25N7O2/c1-15-2-3-16-14-17(4-5-18(16)22-15)23-19-24-20(27-6-10-29-11-7-27)26-21(25-19)28-8-12-30-13-9-28/h2-5,14H,6-13H2,1H3,(H,23,24,25,26). The van der Waals surface area contributed by atoms with Crippen LogP contribution in [0.5, 0.6) is 0 Å². The van der Waals surface area contributed by atoms with E-state index in [1.54, 1.807) is 0 Å². The second-order valence-electron chi connectivity index (χ2n) is 7.44. The molecule has 1 N–H and O–H groups in total. The molecule has 0 amide bonds. The molecule has 2 aromatic heterocycles. The molecule has 4 heterocycles. The molecular weight excluding hydrogens is 382 g/mol. The van der Waals surface area contributed by atoms with Gasteiger partial charge in [-0.05, 0) is 31.2 Å². The van der Waals surface area contributed by atoms with Gasteiger partial charge in [-0.1, -0.05) is 6.07 Å². The lowest BCUT2D eigenvalue weighted by molar-refractivity contribution is 0.121. The summed E-state index contributed by atoms with van der Waals surface area (Å²) in [4.78, 5) is 23.0. The van der Waals surface area contributed by atoms with Crippen LogP contribution in [0.2, 0.25) is 0 Å². The molecule has 0 bridgehead atoms. The number of nitrogens with zero attached hydrogens (tertiary/aromatic N) is 6. The predicted molar refractivity (Wildman–Crippen MR) is 116 cm³/mol. The molecule has 2 aliphatic rings. The van der Waals surface area contributed by atoms with Crippen LogP contribution in [0.4, 0.5) is 23.5 Å². The molecule has 0 spiro atoms. The number of morpholine rings is 2. The summed E-state index contributed by atoms with van der Waals surface area (Å²) in [6, 6.07) is 10.2. The molecule has 0 radical (unpaired) electrons. The molecule has 0 saturated carbocycles. The largest absolute Gasteiger partial charge is 0.378 e. The maximum Gasteiger partial charge on any atom is 0.233 e. The van der Waals surface area contributed by atoms with Gasteiger partial charge in [-0.25, -0.2) is 0 Å². The van der Waals surface area contributed by atoms with E-state index >= 15 is 0 Å². The lowest BCUT2D eigenvalue weighted by Gasteiger charge is -2.30. The van der Waals surface area contributed by atoms with E-state index < -0.39 is 0 Å². The first-order chi connectivity index (χ1) is 14.7. The number of anilines is 4. The van der Waals surface area contributed by atoms with E-state index in [-0.39, 0.29) is 0 Å². The van der Waals surface area contributed by atoms with Gasteiger partial charge in [-0.2, -0.15) is 15.0 Å². The van der Waals surface area contributed by atoms with E-state index in [1.165, 1.54) is 0 Å². The molecular formula is C21H25N7O2. The van der Waals surface area contributed by atoms with Gasteiger partial charge in [0.15, 0.2) is 0 Å². The van der Waals surface area contributed by atoms with Crippen molar-refractivity contribution in [2.75, 3.05) is 67.7 Å². The van der Waals surface area contributed by atoms with Crippen molar-refractivity contribution in [2.45, 2.75) is 6.92 Å². The van der Waals surface area contributed by atoms with E-state index in [0.717, 1.165) is 48.5 Å². The second-order valence-corrected chi connectivity index (χ2v) is 7.44. The molecule has 0 aliphatic carbocycles. The van der Waals surface area contributed by atoms with Gasteiger partial charge < -0.3 is 24.6 Å². The summed E-state index contributed by atoms with van der Waals surface area (Å²) in [6.07, 6.45) is 0. The molecule has 1 aromatic carbocycles. The molecule has 9 heteroatoms. The number of ether oxygens (including phenoxy) is 2. The zero-order valence-corrected chi connectivity index (χ0v) is 17.0. The van der Waals surface area contributed by atoms with E-state index in [1.807, 2.05) is 25.1 Å². The third kappa shape index (κ3) is 4.12. The Hall–Kier alpha value is -3.04. The van der Waals surface area contributed by atoms with E-state index in [9.17, 15) is 0 Å². The number of nitrogens with one attached hydrogen (secondary N) is 1. The van der Waals surface area contributed by atoms with Crippen LogP contribution in [-0.2, 0) is 9.47 Å². The molecule has 9 nitrogen and oxygen atoms in total. The van der Waals surface area contributed by atoms with Gasteiger partial charge in [0.05, 0.1) is 31.9 Å². The highest BCUT2D eigenvalue weighted by atomic mass is 16.5. The Kier molecular flexibility index (Phi) is 5.29. The van der Waals surface area contributed by atoms with Crippen molar-refractivity contribution in [3.8, 4) is 0 Å². The van der Waals surface area contributed by atoms with Gasteiger partial charge in [0.2, 0.25) is 17.8 Å². The average Bonchev–Trinajstić information content (AvgIpc) is 2.80. The Balaban J connectivity index is 1.47. The number of hydrogen-bond acceptors (Lipinski definition) is 9. The molecule has 156 valence electrons. The number of fused-ring (bicyclic) bond motifs is 1. The molecule has 2 aliphatic heterocycles. The summed E-state index contributed by atoms with van der Waals surface area (Å²) >= 11 is 0. The Morgan fingerprint density at radius 3 is 2.03 bits per heavy atom. The highest BCUT2D eigenvalue weighted by molar-refractivity contribution is 5.83. The fourth-order valence-corrected chi connectivity index (χ4v) is 3.65. The van der Waals surface area contributed by atoms with Crippen LogP contribution in [0.15, 0.2) is 30.3 Å². The third-order valence-corrected chi connectivity index (χ3v) is 5.28. The van der Waals surface area contributed by atoms with E-state index in [4.69, 9.17) is 24.4 Å². The predicted octanol–water partition coefficient (Wildman–Crippen LogP) is 2.15. The van der Waals surface area contributed by atoms with Crippen LogP contribution in [0.25, 0.3) is 10.9 Å². The summed E-state index contributed by atoms with van der Waals surface area (Å²) < 4.78 is 11.0. The first kappa shape index (κ1) is 19.0. The molecule has 0 atom stereocenters. The quantitative estimate of drug-likeness (QED) is 0.699. The summed E-state index contributed by atoms with van der Waals surface area (Å²) in [7, 11) is 0. The highest BCUT2D eigenvalue weighted by Crippen LogP contribution is 2.23. The summed E-state index contributed by atoms with van der Waals surface area (Å²) in [5, 5.41) is 4.43. The summed E-state index contributed by atoms with van der Waals surface area (Å²) in [5.74, 6) is 1.89. The van der Waals surface area contributed by atoms with Gasteiger partial charge in [-0.3, -0.25) is 4.98 Å². The molecule has 2 fully saturated rings. The van der Waals surface area contributed by atoms with Crippen LogP contribution in [0.1, 0.15) is 5.69 Å². The van der Waals surface area contributed by atoms with Gasteiger partial charge in [0.1, 0.15) is 0 Å². The Bertz CT molecular complexity index is 997. The Morgan fingerprint density at radius 2 is 1.40 bits per heavy atom. The minimum absolute atomic E-state index is 0.535. The maximum atomic E-state index is 5.48. The topological polar surface area (TPSA) is 88.5 Å². The molecule has 2 saturated heterocycles. The molecule has 0 unspecified atom stereocenters. The number of pyridine rings is 1. The van der Waals surface area contributed by atoms with Gasteiger partial charge in [0, 0.05) is 42.9 Å². The first-order valence-corrected chi connectivity index (χ1v) is 10.3. The van der Waals surface area contributed by atoms with E-state index in [0.29, 0.717) is 44.3 Å². The fraction of sp³-hybridized carbons (Fsp3) is 0.429. The summed E-state index contributed by atoms with van der Waals surface area (Å²) in [6.45, 7) is 7.80. The Morgan fingerprint density at radius 1 is 0.767 bits per heavy atom. The summed E-state index contributed by atoms with van der Waals surface area (Å²) in [5.41, 5.74) is 2.89. The van der Waals surface area contributed by atoms with Crippen LogP contribution in [-0.4, -0.2) is 72.5 Å². The van der Waals surface area contributed by atoms with Gasteiger partial charge in [-0.15, -0.1) is 0 Å². The number of hydrogen-bond donors (Lipinski definition) is 1. The zero-order chi connectivity index (χ0) is 20.3. The number of rotatable bonds is 4. The highest BCUT2D eigenvalue weighted by Gasteiger charge is 2.20. The van der Waals surface area contributed by atoms with Crippen molar-refractivity contribution in [3.05, 3.63) is 36.0 Å². The van der Waals surface area contributed by atoms with Crippen LogP contribution < -0.4 is 15.1 Å². The van der Waals surface area contributed by atoms with Crippen LogP contribution in [0, 0.1) is 6.92 Å². The monoisotopic (exact) mass is 407 g/mol. The Labute approximate surface area is 175 Å². The van der Waals surface area contributed by atoms with E-state index in [2.05, 4.69) is 32.2 Å². The lowest BCUT2D eigenvalue weighted by Crippen LogP contribution is -2.40. The minimum Gasteiger partial charge on any atom is -0.378 e.